The predicted octanol–water partition coefficient (Wildman–Crippen LogP) is 4.70. The van der Waals surface area contributed by atoms with Crippen molar-refractivity contribution >= 4 is 21.8 Å². The van der Waals surface area contributed by atoms with Crippen LogP contribution in [0.15, 0.2) is 55.6 Å². The molecule has 1 aromatic heterocycles. The van der Waals surface area contributed by atoms with Gasteiger partial charge in [-0.05, 0) is 69.5 Å². The number of aryl methyl sites for hydroxylation is 1. The third-order valence-electron chi connectivity index (χ3n) is 6.62. The van der Waals surface area contributed by atoms with E-state index in [9.17, 15) is 19.2 Å². The molecule has 0 saturated heterocycles. The van der Waals surface area contributed by atoms with Crippen molar-refractivity contribution in [3.8, 4) is 33.8 Å². The lowest BCUT2D eigenvalue weighted by molar-refractivity contribution is 0.238. The fourth-order valence-corrected chi connectivity index (χ4v) is 4.93. The molecular formula is C30H29NO6. The normalized spacial score (nSPS) is 12.1. The van der Waals surface area contributed by atoms with Gasteiger partial charge in [-0.1, -0.05) is 25.5 Å². The number of hydrogen-bond donors (Lipinski definition) is 0. The number of unbranched alkanes of at least 4 members (excludes halogenated alkanes) is 1. The molecule has 1 heterocycles. The van der Waals surface area contributed by atoms with Gasteiger partial charge in [0.15, 0.2) is 11.5 Å². The van der Waals surface area contributed by atoms with Crippen LogP contribution in [0.2, 0.25) is 0 Å². The van der Waals surface area contributed by atoms with E-state index in [0.717, 1.165) is 41.2 Å². The molecule has 0 bridgehead atoms. The average Bonchev–Trinajstić information content (AvgIpc) is 3.18. The molecule has 0 fully saturated rings. The highest BCUT2D eigenvalue weighted by Gasteiger charge is 2.27. The molecule has 0 radical (unpaired) electrons. The third kappa shape index (κ3) is 3.89. The molecule has 0 atom stereocenters. The van der Waals surface area contributed by atoms with E-state index in [-0.39, 0.29) is 23.7 Å². The molecule has 0 saturated carbocycles. The first-order valence-electron chi connectivity index (χ1n) is 12.7. The number of nitrogens with zero attached hydrogens (tertiary/aromatic N) is 1. The Balaban J connectivity index is 1.73. The van der Waals surface area contributed by atoms with Crippen molar-refractivity contribution in [3.05, 3.63) is 77.3 Å². The van der Waals surface area contributed by atoms with Crippen LogP contribution in [0.3, 0.4) is 0 Å². The second kappa shape index (κ2) is 9.14. The van der Waals surface area contributed by atoms with Gasteiger partial charge in [-0.15, -0.1) is 0 Å². The van der Waals surface area contributed by atoms with E-state index in [4.69, 9.17) is 9.47 Å². The molecule has 0 aliphatic carbocycles. The molecular weight excluding hydrogens is 470 g/mol. The number of ether oxygens (including phenoxy) is 2. The minimum absolute atomic E-state index is 0.106. The highest BCUT2D eigenvalue weighted by Crippen LogP contribution is 2.37. The molecule has 190 valence electrons. The van der Waals surface area contributed by atoms with Gasteiger partial charge >= 0.3 is 0 Å². The summed E-state index contributed by atoms with van der Waals surface area (Å²) >= 11 is 0. The summed E-state index contributed by atoms with van der Waals surface area (Å²) in [6.07, 6.45) is 1.54. The Hall–Kier alpha value is -4.00. The lowest BCUT2D eigenvalue weighted by atomic mass is 9.96. The van der Waals surface area contributed by atoms with Gasteiger partial charge in [0.25, 0.3) is 10.9 Å². The number of rotatable bonds is 9. The molecule has 0 amide bonds. The standard InChI is InChI=1S/C30H29NO6/c1-6-7-12-31-21-10-8-17(23-25(32)27(34)29(23)36-15(2)3)13-19(21)20-14-18(9-11-22(20)31)24-26(33)28(35)30(24)37-16(4)5/h8-11,13-16H,6-7,12H2,1-5H3. The van der Waals surface area contributed by atoms with Gasteiger partial charge < -0.3 is 14.0 Å². The zero-order valence-corrected chi connectivity index (χ0v) is 21.6. The maximum Gasteiger partial charge on any atom is 0.268 e. The number of benzene rings is 2. The largest absolute Gasteiger partial charge is 0.486 e. The molecule has 5 aromatic rings. The summed E-state index contributed by atoms with van der Waals surface area (Å²) in [4.78, 5) is 49.4. The van der Waals surface area contributed by atoms with Gasteiger partial charge in [-0.3, -0.25) is 19.2 Å². The number of fused-ring (bicyclic) bond motifs is 3. The fraction of sp³-hybridized carbons (Fsp3) is 0.333. The van der Waals surface area contributed by atoms with E-state index < -0.39 is 21.7 Å². The summed E-state index contributed by atoms with van der Waals surface area (Å²) in [6, 6.07) is 11.4. The zero-order valence-electron chi connectivity index (χ0n) is 21.6. The fourth-order valence-electron chi connectivity index (χ4n) is 4.93. The van der Waals surface area contributed by atoms with Crippen LogP contribution in [-0.2, 0) is 6.54 Å². The molecule has 0 N–H and O–H groups in total. The Morgan fingerprint density at radius 3 is 1.49 bits per heavy atom. The Bertz CT molecular complexity index is 1670. The molecule has 0 spiro atoms. The predicted molar refractivity (Wildman–Crippen MR) is 147 cm³/mol. The first-order valence-corrected chi connectivity index (χ1v) is 12.7. The minimum atomic E-state index is -0.603. The van der Waals surface area contributed by atoms with Gasteiger partial charge in [0.2, 0.25) is 10.9 Å². The molecule has 0 aliphatic rings. The highest BCUT2D eigenvalue weighted by atomic mass is 16.5. The third-order valence-corrected chi connectivity index (χ3v) is 6.62. The molecule has 7 heteroatoms. The quantitative estimate of drug-likeness (QED) is 0.273. The Kier molecular flexibility index (Phi) is 6.10. The van der Waals surface area contributed by atoms with Crippen LogP contribution in [-0.4, -0.2) is 16.8 Å². The van der Waals surface area contributed by atoms with Crippen molar-refractivity contribution in [1.29, 1.82) is 0 Å². The second-order valence-electron chi connectivity index (χ2n) is 10.0. The second-order valence-corrected chi connectivity index (χ2v) is 10.0. The van der Waals surface area contributed by atoms with Crippen LogP contribution in [0.5, 0.6) is 11.5 Å². The van der Waals surface area contributed by atoms with Crippen LogP contribution < -0.4 is 31.2 Å². The Morgan fingerprint density at radius 1 is 0.676 bits per heavy atom. The van der Waals surface area contributed by atoms with Gasteiger partial charge in [0, 0.05) is 28.4 Å². The molecule has 37 heavy (non-hydrogen) atoms. The van der Waals surface area contributed by atoms with E-state index in [1.165, 1.54) is 0 Å². The first kappa shape index (κ1) is 24.7. The van der Waals surface area contributed by atoms with Gasteiger partial charge in [-0.2, -0.15) is 0 Å². The zero-order chi connectivity index (χ0) is 26.6. The summed E-state index contributed by atoms with van der Waals surface area (Å²) in [5.74, 6) is 0.211. The molecule has 4 aromatic carbocycles. The van der Waals surface area contributed by atoms with Gasteiger partial charge in [0.1, 0.15) is 0 Å². The van der Waals surface area contributed by atoms with Crippen LogP contribution in [0.25, 0.3) is 44.1 Å². The van der Waals surface area contributed by atoms with E-state index in [1.54, 1.807) is 0 Å². The number of hydrogen-bond acceptors (Lipinski definition) is 6. The summed E-state index contributed by atoms with van der Waals surface area (Å²) in [5.41, 5.74) is 1.48. The maximum absolute atomic E-state index is 12.5. The van der Waals surface area contributed by atoms with E-state index in [0.29, 0.717) is 22.3 Å². The minimum Gasteiger partial charge on any atom is -0.486 e. The average molecular weight is 500 g/mol. The van der Waals surface area contributed by atoms with Crippen molar-refractivity contribution in [2.24, 2.45) is 0 Å². The molecule has 7 nitrogen and oxygen atoms in total. The number of aromatic nitrogens is 1. The van der Waals surface area contributed by atoms with Crippen LogP contribution in [0, 0.1) is 0 Å². The van der Waals surface area contributed by atoms with E-state index in [1.807, 2.05) is 64.1 Å². The SMILES string of the molecule is CCCCn1c2ccc(-c3c(OC(C)C)c(=O)c3=O)cc2c2cc(-c3c(OC(C)C)c(=O)c3=O)ccc21. The van der Waals surface area contributed by atoms with Crippen molar-refractivity contribution in [1.82, 2.24) is 4.57 Å². The van der Waals surface area contributed by atoms with Gasteiger partial charge in [0.05, 0.1) is 23.3 Å². The maximum atomic E-state index is 12.5. The van der Waals surface area contributed by atoms with Crippen molar-refractivity contribution in [2.75, 3.05) is 0 Å². The molecule has 0 aliphatic heterocycles. The summed E-state index contributed by atoms with van der Waals surface area (Å²) < 4.78 is 13.5. The smallest absolute Gasteiger partial charge is 0.268 e. The Morgan fingerprint density at radius 2 is 1.11 bits per heavy atom. The lowest BCUT2D eigenvalue weighted by Gasteiger charge is -2.15. The Labute approximate surface area is 213 Å². The molecule has 0 unspecified atom stereocenters. The monoisotopic (exact) mass is 499 g/mol. The van der Waals surface area contributed by atoms with E-state index in [2.05, 4.69) is 11.5 Å². The highest BCUT2D eigenvalue weighted by molar-refractivity contribution is 6.11. The first-order chi connectivity index (χ1) is 17.6. The van der Waals surface area contributed by atoms with Crippen LogP contribution in [0.4, 0.5) is 0 Å². The topological polar surface area (TPSA) is 91.7 Å². The van der Waals surface area contributed by atoms with Crippen molar-refractivity contribution in [2.45, 2.75) is 66.2 Å². The van der Waals surface area contributed by atoms with E-state index >= 15 is 0 Å². The van der Waals surface area contributed by atoms with Gasteiger partial charge in [-0.25, -0.2) is 0 Å². The summed E-state index contributed by atoms with van der Waals surface area (Å²) in [5, 5.41) is 1.78. The van der Waals surface area contributed by atoms with Crippen LogP contribution in [0.1, 0.15) is 47.5 Å². The lowest BCUT2D eigenvalue weighted by Crippen LogP contribution is -2.35. The van der Waals surface area contributed by atoms with Crippen molar-refractivity contribution in [3.63, 3.8) is 0 Å². The van der Waals surface area contributed by atoms with Crippen LogP contribution >= 0.6 is 0 Å². The van der Waals surface area contributed by atoms with Crippen molar-refractivity contribution < 1.29 is 9.47 Å². The summed E-state index contributed by atoms with van der Waals surface area (Å²) in [6.45, 7) is 10.2. The molecule has 5 rings (SSSR count). The summed E-state index contributed by atoms with van der Waals surface area (Å²) in [7, 11) is 0.